The molecule has 0 bridgehead atoms. The summed E-state index contributed by atoms with van der Waals surface area (Å²) in [7, 11) is 1.58. The van der Waals surface area contributed by atoms with E-state index < -0.39 is 0 Å². The molecule has 3 aromatic rings. The van der Waals surface area contributed by atoms with E-state index in [-0.39, 0.29) is 5.91 Å². The van der Waals surface area contributed by atoms with E-state index in [1.807, 2.05) is 18.2 Å². The van der Waals surface area contributed by atoms with Crippen LogP contribution in [0.4, 0.5) is 23.1 Å². The van der Waals surface area contributed by atoms with Crippen molar-refractivity contribution < 1.29 is 9.53 Å². The fraction of sp³-hybridized carbons (Fsp3) is 0.111. The highest BCUT2D eigenvalue weighted by Crippen LogP contribution is 2.35. The second-order valence-corrected chi connectivity index (χ2v) is 5.61. The van der Waals surface area contributed by atoms with Crippen LogP contribution >= 0.6 is 0 Å². The van der Waals surface area contributed by atoms with Gasteiger partial charge in [0.05, 0.1) is 12.8 Å². The molecule has 1 aliphatic heterocycles. The second-order valence-electron chi connectivity index (χ2n) is 5.61. The van der Waals surface area contributed by atoms with E-state index in [2.05, 4.69) is 30.9 Å². The van der Waals surface area contributed by atoms with Crippen molar-refractivity contribution in [2.24, 2.45) is 0 Å². The van der Waals surface area contributed by atoms with E-state index in [0.29, 0.717) is 35.3 Å². The van der Waals surface area contributed by atoms with E-state index >= 15 is 0 Å². The SMILES string of the molecule is COc1c(Nc2cc(Nc3ccccn3)ncn2)ccc2c1CNC2=O. The first-order valence-electron chi connectivity index (χ1n) is 8.00. The number of hydrogen-bond acceptors (Lipinski definition) is 7. The van der Waals surface area contributed by atoms with Crippen molar-refractivity contribution in [3.05, 3.63) is 60.0 Å². The number of ether oxygens (including phenoxy) is 1. The third-order valence-corrected chi connectivity index (χ3v) is 3.99. The van der Waals surface area contributed by atoms with Crippen molar-refractivity contribution in [3.63, 3.8) is 0 Å². The van der Waals surface area contributed by atoms with Gasteiger partial charge in [-0.05, 0) is 24.3 Å². The predicted octanol–water partition coefficient (Wildman–Crippen LogP) is 2.61. The Balaban J connectivity index is 1.60. The van der Waals surface area contributed by atoms with Gasteiger partial charge in [0.2, 0.25) is 0 Å². The van der Waals surface area contributed by atoms with Crippen LogP contribution in [-0.4, -0.2) is 28.0 Å². The van der Waals surface area contributed by atoms with E-state index in [1.54, 1.807) is 31.5 Å². The average Bonchev–Trinajstić information content (AvgIpc) is 3.04. The zero-order valence-corrected chi connectivity index (χ0v) is 14.0. The van der Waals surface area contributed by atoms with Gasteiger partial charge in [-0.15, -0.1) is 0 Å². The van der Waals surface area contributed by atoms with Crippen LogP contribution < -0.4 is 20.7 Å². The number of aromatic nitrogens is 3. The molecule has 0 radical (unpaired) electrons. The number of amides is 1. The number of pyridine rings is 1. The lowest BCUT2D eigenvalue weighted by atomic mass is 10.1. The molecule has 8 nitrogen and oxygen atoms in total. The molecule has 3 heterocycles. The maximum Gasteiger partial charge on any atom is 0.252 e. The number of hydrogen-bond donors (Lipinski definition) is 3. The fourth-order valence-corrected chi connectivity index (χ4v) is 2.81. The van der Waals surface area contributed by atoms with Crippen molar-refractivity contribution in [2.45, 2.75) is 6.54 Å². The molecule has 1 amide bonds. The second kappa shape index (κ2) is 6.67. The van der Waals surface area contributed by atoms with Crippen LogP contribution in [0.1, 0.15) is 15.9 Å². The number of anilines is 4. The minimum atomic E-state index is -0.0891. The Hall–Kier alpha value is -3.68. The summed E-state index contributed by atoms with van der Waals surface area (Å²) < 4.78 is 5.51. The molecule has 26 heavy (non-hydrogen) atoms. The Morgan fingerprint density at radius 1 is 1.04 bits per heavy atom. The summed E-state index contributed by atoms with van der Waals surface area (Å²) in [6.07, 6.45) is 3.16. The minimum absolute atomic E-state index is 0.0891. The van der Waals surface area contributed by atoms with Crippen molar-refractivity contribution in [2.75, 3.05) is 17.7 Å². The lowest BCUT2D eigenvalue weighted by molar-refractivity contribution is 0.0966. The highest BCUT2D eigenvalue weighted by molar-refractivity contribution is 6.00. The summed E-state index contributed by atoms with van der Waals surface area (Å²) in [6.45, 7) is 0.448. The number of rotatable bonds is 5. The van der Waals surface area contributed by atoms with Gasteiger partial charge in [0.1, 0.15) is 29.5 Å². The van der Waals surface area contributed by atoms with Gasteiger partial charge in [0, 0.05) is 29.9 Å². The molecular formula is C18H16N6O2. The van der Waals surface area contributed by atoms with E-state index in [4.69, 9.17) is 4.74 Å². The number of methoxy groups -OCH3 is 1. The molecule has 0 fully saturated rings. The Kier molecular flexibility index (Phi) is 4.06. The highest BCUT2D eigenvalue weighted by Gasteiger charge is 2.24. The van der Waals surface area contributed by atoms with Gasteiger partial charge in [-0.2, -0.15) is 0 Å². The molecule has 0 saturated heterocycles. The molecule has 1 aliphatic rings. The van der Waals surface area contributed by atoms with Gasteiger partial charge in [-0.3, -0.25) is 4.79 Å². The zero-order chi connectivity index (χ0) is 17.9. The molecule has 2 aromatic heterocycles. The van der Waals surface area contributed by atoms with E-state index in [0.717, 1.165) is 11.3 Å². The minimum Gasteiger partial charge on any atom is -0.494 e. The molecule has 3 N–H and O–H groups in total. The van der Waals surface area contributed by atoms with Gasteiger partial charge >= 0.3 is 0 Å². The molecular weight excluding hydrogens is 332 g/mol. The maximum atomic E-state index is 11.8. The molecule has 130 valence electrons. The maximum absolute atomic E-state index is 11.8. The van der Waals surface area contributed by atoms with Crippen LogP contribution in [0.15, 0.2) is 48.9 Å². The van der Waals surface area contributed by atoms with Crippen LogP contribution in [0.3, 0.4) is 0 Å². The summed E-state index contributed by atoms with van der Waals surface area (Å²) in [5, 5.41) is 9.13. The smallest absolute Gasteiger partial charge is 0.252 e. The Bertz CT molecular complexity index is 961. The number of carbonyl (C=O) groups is 1. The summed E-state index contributed by atoms with van der Waals surface area (Å²) in [6, 6.07) is 10.9. The van der Waals surface area contributed by atoms with Crippen LogP contribution in [0.5, 0.6) is 5.75 Å². The quantitative estimate of drug-likeness (QED) is 0.651. The third-order valence-electron chi connectivity index (χ3n) is 3.99. The summed E-state index contributed by atoms with van der Waals surface area (Å²) in [4.78, 5) is 24.4. The van der Waals surface area contributed by atoms with Crippen LogP contribution in [0.25, 0.3) is 0 Å². The summed E-state index contributed by atoms with van der Waals surface area (Å²) >= 11 is 0. The molecule has 0 atom stereocenters. The predicted molar refractivity (Wildman–Crippen MR) is 97.0 cm³/mol. The topological polar surface area (TPSA) is 101 Å². The molecule has 0 saturated carbocycles. The first-order valence-corrected chi connectivity index (χ1v) is 8.00. The molecule has 0 unspecified atom stereocenters. The standard InChI is InChI=1S/C18H16N6O2/c1-26-17-12-9-20-18(25)11(12)5-6-13(17)23-15-8-16(22-10-21-15)24-14-4-2-3-7-19-14/h2-8,10H,9H2,1H3,(H,20,25)(H2,19,21,22,23,24). The fourth-order valence-electron chi connectivity index (χ4n) is 2.81. The Labute approximate surface area is 149 Å². The number of fused-ring (bicyclic) bond motifs is 1. The van der Waals surface area contributed by atoms with Crippen molar-refractivity contribution >= 4 is 29.0 Å². The van der Waals surface area contributed by atoms with Crippen molar-refractivity contribution in [1.82, 2.24) is 20.3 Å². The number of carbonyl (C=O) groups excluding carboxylic acids is 1. The highest BCUT2D eigenvalue weighted by atomic mass is 16.5. The zero-order valence-electron chi connectivity index (χ0n) is 14.0. The Morgan fingerprint density at radius 2 is 1.88 bits per heavy atom. The molecule has 1 aromatic carbocycles. The summed E-state index contributed by atoms with van der Waals surface area (Å²) in [5.74, 6) is 2.43. The lowest BCUT2D eigenvalue weighted by Gasteiger charge is -2.14. The molecule has 8 heteroatoms. The Morgan fingerprint density at radius 3 is 2.65 bits per heavy atom. The average molecular weight is 348 g/mol. The first kappa shape index (κ1) is 15.8. The molecule has 0 aliphatic carbocycles. The van der Waals surface area contributed by atoms with E-state index in [1.165, 1.54) is 6.33 Å². The van der Waals surface area contributed by atoms with Crippen molar-refractivity contribution in [1.29, 1.82) is 0 Å². The van der Waals surface area contributed by atoms with Crippen LogP contribution in [-0.2, 0) is 6.54 Å². The van der Waals surface area contributed by atoms with E-state index in [9.17, 15) is 4.79 Å². The largest absolute Gasteiger partial charge is 0.494 e. The van der Waals surface area contributed by atoms with Gasteiger partial charge in [-0.25, -0.2) is 15.0 Å². The van der Waals surface area contributed by atoms with Crippen molar-refractivity contribution in [3.8, 4) is 5.75 Å². The van der Waals surface area contributed by atoms with Gasteiger partial charge in [0.15, 0.2) is 0 Å². The first-order chi connectivity index (χ1) is 12.7. The summed E-state index contributed by atoms with van der Waals surface area (Å²) in [5.41, 5.74) is 2.20. The van der Waals surface area contributed by atoms with Gasteiger partial charge < -0.3 is 20.7 Å². The van der Waals surface area contributed by atoms with Gasteiger partial charge in [-0.1, -0.05) is 6.07 Å². The third kappa shape index (κ3) is 3.00. The molecule has 4 rings (SSSR count). The number of nitrogens with one attached hydrogen (secondary N) is 3. The molecule has 0 spiro atoms. The number of nitrogens with zero attached hydrogens (tertiary/aromatic N) is 3. The lowest BCUT2D eigenvalue weighted by Crippen LogP contribution is -2.12. The normalized spacial score (nSPS) is 12.3. The van der Waals surface area contributed by atoms with Gasteiger partial charge in [0.25, 0.3) is 5.91 Å². The number of benzene rings is 1. The monoisotopic (exact) mass is 348 g/mol. The van der Waals surface area contributed by atoms with Crippen LogP contribution in [0.2, 0.25) is 0 Å². The van der Waals surface area contributed by atoms with Crippen LogP contribution in [0, 0.1) is 0 Å².